The van der Waals surface area contributed by atoms with Crippen LogP contribution < -0.4 is 5.73 Å². The number of carbonyl (C=O) groups excluding carboxylic acids is 2. The first kappa shape index (κ1) is 19.6. The summed E-state index contributed by atoms with van der Waals surface area (Å²) in [6.45, 7) is 5.72. The molecule has 1 atom stereocenters. The summed E-state index contributed by atoms with van der Waals surface area (Å²) in [7, 11) is 0. The van der Waals surface area contributed by atoms with Crippen molar-refractivity contribution < 1.29 is 24.0 Å². The molecule has 0 amide bonds. The molecule has 0 radical (unpaired) electrons. The van der Waals surface area contributed by atoms with E-state index < -0.39 is 16.8 Å². The highest BCUT2D eigenvalue weighted by Gasteiger charge is 2.45. The number of nitro groups is 1. The molecule has 3 rings (SSSR count). The molecule has 148 valence electrons. The van der Waals surface area contributed by atoms with Crippen LogP contribution in [0.4, 0.5) is 5.69 Å². The number of nitrogens with two attached hydrogens (primary N) is 1. The van der Waals surface area contributed by atoms with Gasteiger partial charge < -0.3 is 15.2 Å². The highest BCUT2D eigenvalue weighted by atomic mass is 16.6. The number of rotatable bonds is 4. The van der Waals surface area contributed by atoms with Crippen LogP contribution in [-0.4, -0.2) is 23.3 Å². The number of carbonyl (C=O) groups is 2. The number of nitro benzene ring substituents is 1. The Morgan fingerprint density at radius 3 is 2.54 bits per heavy atom. The molecule has 0 spiro atoms. The van der Waals surface area contributed by atoms with Gasteiger partial charge in [0.05, 0.1) is 17.4 Å². The molecule has 0 saturated carbocycles. The molecule has 1 aromatic rings. The monoisotopic (exact) mass is 386 g/mol. The van der Waals surface area contributed by atoms with Crippen LogP contribution in [-0.2, 0) is 19.1 Å². The summed E-state index contributed by atoms with van der Waals surface area (Å²) in [6, 6.07) is 5.72. The molecule has 0 fully saturated rings. The second kappa shape index (κ2) is 7.10. The summed E-state index contributed by atoms with van der Waals surface area (Å²) in [5.74, 6) is -1.26. The lowest BCUT2D eigenvalue weighted by molar-refractivity contribution is -0.384. The third-order valence-corrected chi connectivity index (χ3v) is 4.89. The molecule has 2 aliphatic rings. The molecule has 2 N–H and O–H groups in total. The third-order valence-electron chi connectivity index (χ3n) is 4.89. The summed E-state index contributed by atoms with van der Waals surface area (Å²) in [5, 5.41) is 11.0. The average Bonchev–Trinajstić information content (AvgIpc) is 2.59. The normalized spacial score (nSPS) is 21.1. The number of Topliss-reactive ketones (excluding diaryl/α,β-unsaturated/α-hetero) is 1. The van der Waals surface area contributed by atoms with Gasteiger partial charge in [-0.15, -0.1) is 0 Å². The first-order chi connectivity index (χ1) is 13.1. The van der Waals surface area contributed by atoms with Crippen molar-refractivity contribution in [2.24, 2.45) is 11.1 Å². The van der Waals surface area contributed by atoms with Gasteiger partial charge in [0, 0.05) is 30.5 Å². The standard InChI is InChI=1S/C20H22N2O6/c1-4-27-19(24)17-15(11-5-7-12(8-6-11)22(25)26)16-13(23)9-20(2,3)10-14(16)28-18(17)21/h5-8,15H,4,9-10,21H2,1-3H3/t15-/m0/s1. The number of hydrogen-bond donors (Lipinski definition) is 1. The molecule has 0 aromatic heterocycles. The minimum Gasteiger partial charge on any atom is -0.462 e. The third kappa shape index (κ3) is 3.49. The zero-order valence-electron chi connectivity index (χ0n) is 16.0. The Hall–Kier alpha value is -3.16. The summed E-state index contributed by atoms with van der Waals surface area (Å²) >= 11 is 0. The molecule has 28 heavy (non-hydrogen) atoms. The Morgan fingerprint density at radius 2 is 1.96 bits per heavy atom. The van der Waals surface area contributed by atoms with E-state index in [2.05, 4.69) is 0 Å². The number of esters is 1. The van der Waals surface area contributed by atoms with E-state index in [1.807, 2.05) is 13.8 Å². The van der Waals surface area contributed by atoms with Crippen molar-refractivity contribution in [2.45, 2.75) is 39.5 Å². The summed E-state index contributed by atoms with van der Waals surface area (Å²) in [5.41, 5.74) is 6.63. The SMILES string of the molecule is CCOC(=O)C1=C(N)OC2=C(C(=O)CC(C)(C)C2)[C@@H]1c1ccc([N+](=O)[O-])cc1. The zero-order valence-corrected chi connectivity index (χ0v) is 16.0. The van der Waals surface area contributed by atoms with E-state index in [9.17, 15) is 19.7 Å². The van der Waals surface area contributed by atoms with E-state index in [4.69, 9.17) is 15.2 Å². The molecule has 1 aliphatic carbocycles. The van der Waals surface area contributed by atoms with Gasteiger partial charge in [0.1, 0.15) is 11.3 Å². The largest absolute Gasteiger partial charge is 0.462 e. The van der Waals surface area contributed by atoms with Gasteiger partial charge in [-0.05, 0) is 17.9 Å². The molecule has 1 heterocycles. The van der Waals surface area contributed by atoms with Crippen molar-refractivity contribution in [3.05, 3.63) is 62.7 Å². The van der Waals surface area contributed by atoms with Crippen molar-refractivity contribution in [3.63, 3.8) is 0 Å². The van der Waals surface area contributed by atoms with Crippen LogP contribution in [0.3, 0.4) is 0 Å². The fourth-order valence-corrected chi connectivity index (χ4v) is 3.71. The van der Waals surface area contributed by atoms with Crippen molar-refractivity contribution >= 4 is 17.4 Å². The predicted molar refractivity (Wildman–Crippen MR) is 99.8 cm³/mol. The number of nitrogens with zero attached hydrogens (tertiary/aromatic N) is 1. The lowest BCUT2D eigenvalue weighted by Crippen LogP contribution is -2.35. The average molecular weight is 386 g/mol. The van der Waals surface area contributed by atoms with Crippen LogP contribution in [0, 0.1) is 15.5 Å². The fourth-order valence-electron chi connectivity index (χ4n) is 3.71. The minimum absolute atomic E-state index is 0.0440. The number of hydrogen-bond acceptors (Lipinski definition) is 7. The van der Waals surface area contributed by atoms with Crippen LogP contribution in [0.2, 0.25) is 0 Å². The fraction of sp³-hybridized carbons (Fsp3) is 0.400. The van der Waals surface area contributed by atoms with Crippen molar-refractivity contribution in [1.29, 1.82) is 0 Å². The molecule has 0 unspecified atom stereocenters. The van der Waals surface area contributed by atoms with Gasteiger partial charge in [0.2, 0.25) is 5.88 Å². The highest BCUT2D eigenvalue weighted by Crippen LogP contribution is 2.48. The first-order valence-corrected chi connectivity index (χ1v) is 9.00. The molecule has 0 saturated heterocycles. The zero-order chi connectivity index (χ0) is 20.6. The maximum atomic E-state index is 13.0. The molecular weight excluding hydrogens is 364 g/mol. The summed E-state index contributed by atoms with van der Waals surface area (Å²) < 4.78 is 10.8. The van der Waals surface area contributed by atoms with Gasteiger partial charge in [-0.25, -0.2) is 4.79 Å². The second-order valence-electron chi connectivity index (χ2n) is 7.66. The first-order valence-electron chi connectivity index (χ1n) is 9.00. The molecule has 0 bridgehead atoms. The van der Waals surface area contributed by atoms with Crippen LogP contribution in [0.5, 0.6) is 0 Å². The minimum atomic E-state index is -0.785. The Kier molecular flexibility index (Phi) is 4.97. The second-order valence-corrected chi connectivity index (χ2v) is 7.66. The lowest BCUT2D eigenvalue weighted by atomic mass is 9.70. The van der Waals surface area contributed by atoms with E-state index in [1.165, 1.54) is 24.3 Å². The van der Waals surface area contributed by atoms with Gasteiger partial charge in [0.25, 0.3) is 5.69 Å². The van der Waals surface area contributed by atoms with E-state index in [0.717, 1.165) is 0 Å². The number of allylic oxidation sites excluding steroid dienone is 2. The van der Waals surface area contributed by atoms with Crippen LogP contribution in [0.25, 0.3) is 0 Å². The quantitative estimate of drug-likeness (QED) is 0.479. The summed E-state index contributed by atoms with van der Waals surface area (Å²) in [4.78, 5) is 36.0. The predicted octanol–water partition coefficient (Wildman–Crippen LogP) is 3.09. The Labute approximate surface area is 162 Å². The number of benzene rings is 1. The van der Waals surface area contributed by atoms with Gasteiger partial charge in [-0.2, -0.15) is 0 Å². The highest BCUT2D eigenvalue weighted by molar-refractivity contribution is 6.03. The maximum Gasteiger partial charge on any atom is 0.340 e. The molecule has 8 heteroatoms. The van der Waals surface area contributed by atoms with Crippen LogP contribution in [0.15, 0.2) is 47.1 Å². The van der Waals surface area contributed by atoms with Gasteiger partial charge in [0.15, 0.2) is 5.78 Å². The van der Waals surface area contributed by atoms with Crippen LogP contribution >= 0.6 is 0 Å². The van der Waals surface area contributed by atoms with E-state index >= 15 is 0 Å². The molecule has 8 nitrogen and oxygen atoms in total. The van der Waals surface area contributed by atoms with Crippen molar-refractivity contribution in [2.75, 3.05) is 6.61 Å². The lowest BCUT2D eigenvalue weighted by Gasteiger charge is -2.37. The maximum absolute atomic E-state index is 13.0. The molecule has 1 aliphatic heterocycles. The molecular formula is C20H22N2O6. The van der Waals surface area contributed by atoms with E-state index in [-0.39, 0.29) is 34.9 Å². The number of non-ortho nitro benzene ring substituents is 1. The van der Waals surface area contributed by atoms with Gasteiger partial charge in [-0.3, -0.25) is 14.9 Å². The Bertz CT molecular complexity index is 911. The summed E-state index contributed by atoms with van der Waals surface area (Å²) in [6.07, 6.45) is 0.795. The van der Waals surface area contributed by atoms with Crippen molar-refractivity contribution in [3.8, 4) is 0 Å². The number of ether oxygens (including phenoxy) is 2. The van der Waals surface area contributed by atoms with E-state index in [1.54, 1.807) is 6.92 Å². The Morgan fingerprint density at radius 1 is 1.32 bits per heavy atom. The Balaban J connectivity index is 2.16. The topological polar surface area (TPSA) is 122 Å². The van der Waals surface area contributed by atoms with Crippen LogP contribution in [0.1, 0.15) is 45.1 Å². The van der Waals surface area contributed by atoms with Crippen molar-refractivity contribution in [1.82, 2.24) is 0 Å². The smallest absolute Gasteiger partial charge is 0.340 e. The number of ketones is 1. The van der Waals surface area contributed by atoms with Gasteiger partial charge in [-0.1, -0.05) is 26.0 Å². The molecule has 1 aromatic carbocycles. The van der Waals surface area contributed by atoms with Gasteiger partial charge >= 0.3 is 5.97 Å². The van der Waals surface area contributed by atoms with E-state index in [0.29, 0.717) is 29.7 Å².